The fraction of sp³-hybridized carbons (Fsp3) is 0.560. The normalized spacial score (nSPS) is 30.8. The van der Waals surface area contributed by atoms with Crippen molar-refractivity contribution < 1.29 is 14.3 Å². The number of nitrogens with zero attached hydrogens (tertiary/aromatic N) is 2. The fourth-order valence-electron chi connectivity index (χ4n) is 6.67. The van der Waals surface area contributed by atoms with Crippen LogP contribution >= 0.6 is 15.9 Å². The van der Waals surface area contributed by atoms with Gasteiger partial charge < -0.3 is 10.1 Å². The summed E-state index contributed by atoms with van der Waals surface area (Å²) in [5.74, 6) is 0.332. The molecule has 4 aliphatic carbocycles. The third kappa shape index (κ3) is 3.76. The molecular weight excluding hydrogens is 486 g/mol. The van der Waals surface area contributed by atoms with E-state index in [0.717, 1.165) is 32.1 Å². The zero-order chi connectivity index (χ0) is 23.5. The van der Waals surface area contributed by atoms with Gasteiger partial charge in [0.2, 0.25) is 0 Å². The van der Waals surface area contributed by atoms with Gasteiger partial charge in [0.1, 0.15) is 5.69 Å². The van der Waals surface area contributed by atoms with Gasteiger partial charge in [-0.15, -0.1) is 0 Å². The number of hydrogen-bond acceptors (Lipinski definition) is 4. The molecule has 7 nitrogen and oxygen atoms in total. The number of amides is 1. The number of alkyl halides is 1. The van der Waals surface area contributed by atoms with Gasteiger partial charge in [-0.05, 0) is 76.3 Å². The molecule has 1 aromatic heterocycles. The molecule has 4 fully saturated rings. The Morgan fingerprint density at radius 3 is 2.39 bits per heavy atom. The second kappa shape index (κ2) is 7.86. The van der Waals surface area contributed by atoms with Crippen LogP contribution in [0, 0.1) is 24.2 Å². The Bertz CT molecular complexity index is 1150. The first kappa shape index (κ1) is 22.4. The number of nitrogens with one attached hydrogen (secondary N) is 1. The molecular formula is C25H30BrN3O4. The molecule has 4 bridgehead atoms. The van der Waals surface area contributed by atoms with Gasteiger partial charge in [-0.25, -0.2) is 4.68 Å². The summed E-state index contributed by atoms with van der Waals surface area (Å²) in [4.78, 5) is 39.3. The maximum atomic E-state index is 13.3. The van der Waals surface area contributed by atoms with Crippen molar-refractivity contribution in [2.75, 3.05) is 5.32 Å². The molecule has 1 amide bonds. The fourth-order valence-corrected chi connectivity index (χ4v) is 8.12. The maximum Gasteiger partial charge on any atom is 0.312 e. The van der Waals surface area contributed by atoms with Crippen LogP contribution in [-0.4, -0.2) is 31.7 Å². The molecule has 4 aliphatic rings. The smallest absolute Gasteiger partial charge is 0.312 e. The molecule has 176 valence electrons. The Balaban J connectivity index is 1.31. The molecule has 0 saturated heterocycles. The summed E-state index contributed by atoms with van der Waals surface area (Å²) < 4.78 is 8.97. The van der Waals surface area contributed by atoms with Crippen LogP contribution in [0.2, 0.25) is 0 Å². The van der Waals surface area contributed by atoms with E-state index >= 15 is 0 Å². The number of halogens is 1. The largest absolute Gasteiger partial charge is 0.452 e. The van der Waals surface area contributed by atoms with E-state index in [0.29, 0.717) is 23.2 Å². The zero-order valence-corrected chi connectivity index (χ0v) is 20.9. The van der Waals surface area contributed by atoms with Crippen molar-refractivity contribution in [2.24, 2.45) is 24.3 Å². The minimum absolute atomic E-state index is 0.0330. The minimum Gasteiger partial charge on any atom is -0.452 e. The van der Waals surface area contributed by atoms with E-state index in [-0.39, 0.29) is 21.5 Å². The summed E-state index contributed by atoms with van der Waals surface area (Å²) in [6.07, 6.45) is 4.93. The molecule has 6 rings (SSSR count). The molecule has 4 saturated carbocycles. The van der Waals surface area contributed by atoms with Crippen LogP contribution in [0.15, 0.2) is 35.1 Å². The molecule has 0 spiro atoms. The molecule has 0 radical (unpaired) electrons. The van der Waals surface area contributed by atoms with Crippen molar-refractivity contribution in [3.05, 3.63) is 46.4 Å². The van der Waals surface area contributed by atoms with Gasteiger partial charge in [0.15, 0.2) is 6.10 Å². The highest BCUT2D eigenvalue weighted by atomic mass is 79.9. The minimum atomic E-state index is -0.985. The number of hydrogen-bond donors (Lipinski definition) is 1. The van der Waals surface area contributed by atoms with Gasteiger partial charge in [-0.2, -0.15) is 0 Å². The Hall–Kier alpha value is -2.35. The lowest BCUT2D eigenvalue weighted by atomic mass is 9.49. The van der Waals surface area contributed by atoms with Gasteiger partial charge in [-0.1, -0.05) is 34.1 Å². The zero-order valence-electron chi connectivity index (χ0n) is 19.3. The molecule has 3 atom stereocenters. The van der Waals surface area contributed by atoms with Gasteiger partial charge >= 0.3 is 5.97 Å². The SMILES string of the molecule is Cc1c(NC(=O)[C@H](C)OC(=O)C23C[C@H]4C[C@@H](CC(Br)(C4)C2)C3)c(=O)n(-c2ccccc2)n1C. The number of rotatable bonds is 5. The van der Waals surface area contributed by atoms with Crippen LogP contribution in [0.25, 0.3) is 5.69 Å². The average Bonchev–Trinajstić information content (AvgIpc) is 2.95. The predicted molar refractivity (Wildman–Crippen MR) is 129 cm³/mol. The number of aromatic nitrogens is 2. The molecule has 0 unspecified atom stereocenters. The number of anilines is 1. The van der Waals surface area contributed by atoms with Crippen LogP contribution in [0.5, 0.6) is 0 Å². The second-order valence-corrected chi connectivity index (χ2v) is 12.0. The van der Waals surface area contributed by atoms with Gasteiger partial charge in [-0.3, -0.25) is 19.1 Å². The standard InChI is InChI=1S/C25H30BrN3O4/c1-15-20(22(31)29(28(15)3)19-7-5-4-6-8-19)27-21(30)16(2)33-23(32)24-10-17-9-18(11-24)13-25(26,12-17)14-24/h4-8,16-18H,9-14H2,1-3H3,(H,27,30)/t16-,17+,18+,24?,25?/m0/s1. The highest BCUT2D eigenvalue weighted by molar-refractivity contribution is 9.10. The second-order valence-electron chi connectivity index (χ2n) is 10.4. The van der Waals surface area contributed by atoms with E-state index in [1.807, 2.05) is 30.3 Å². The van der Waals surface area contributed by atoms with E-state index in [9.17, 15) is 14.4 Å². The van der Waals surface area contributed by atoms with E-state index in [2.05, 4.69) is 21.2 Å². The first-order chi connectivity index (χ1) is 15.6. The summed E-state index contributed by atoms with van der Waals surface area (Å²) in [6, 6.07) is 9.25. The van der Waals surface area contributed by atoms with E-state index in [1.165, 1.54) is 11.1 Å². The number of benzene rings is 1. The average molecular weight is 516 g/mol. The third-order valence-electron chi connectivity index (χ3n) is 7.88. The lowest BCUT2D eigenvalue weighted by Gasteiger charge is -2.58. The van der Waals surface area contributed by atoms with E-state index in [4.69, 9.17) is 4.74 Å². The molecule has 1 N–H and O–H groups in total. The molecule has 1 aromatic carbocycles. The third-order valence-corrected chi connectivity index (χ3v) is 8.81. The van der Waals surface area contributed by atoms with Crippen molar-refractivity contribution in [1.29, 1.82) is 0 Å². The topological polar surface area (TPSA) is 82.3 Å². The van der Waals surface area contributed by atoms with Gasteiger partial charge in [0, 0.05) is 11.4 Å². The summed E-state index contributed by atoms with van der Waals surface area (Å²) in [7, 11) is 1.77. The number of carbonyl (C=O) groups excluding carboxylic acids is 2. The first-order valence-electron chi connectivity index (χ1n) is 11.7. The Morgan fingerprint density at radius 1 is 1.15 bits per heavy atom. The van der Waals surface area contributed by atoms with Crippen LogP contribution in [-0.2, 0) is 21.4 Å². The molecule has 8 heteroatoms. The Labute approximate surface area is 201 Å². The molecule has 1 heterocycles. The van der Waals surface area contributed by atoms with Crippen molar-refractivity contribution in [1.82, 2.24) is 9.36 Å². The van der Waals surface area contributed by atoms with Crippen LogP contribution in [0.1, 0.15) is 51.1 Å². The van der Waals surface area contributed by atoms with Crippen molar-refractivity contribution in [3.8, 4) is 5.69 Å². The summed E-state index contributed by atoms with van der Waals surface area (Å²) >= 11 is 3.92. The van der Waals surface area contributed by atoms with Crippen LogP contribution < -0.4 is 10.9 Å². The number of carbonyl (C=O) groups is 2. The molecule has 33 heavy (non-hydrogen) atoms. The lowest BCUT2D eigenvalue weighted by molar-refractivity contribution is -0.175. The summed E-state index contributed by atoms with van der Waals surface area (Å²) in [6.45, 7) is 3.35. The van der Waals surface area contributed by atoms with E-state index < -0.39 is 17.4 Å². The number of ether oxygens (including phenoxy) is 1. The quantitative estimate of drug-likeness (QED) is 0.480. The van der Waals surface area contributed by atoms with Crippen molar-refractivity contribution in [3.63, 3.8) is 0 Å². The highest BCUT2D eigenvalue weighted by Gasteiger charge is 2.60. The number of esters is 1. The number of para-hydroxylation sites is 1. The van der Waals surface area contributed by atoms with Crippen LogP contribution in [0.3, 0.4) is 0 Å². The lowest BCUT2D eigenvalue weighted by Crippen LogP contribution is -2.56. The maximum absolute atomic E-state index is 13.3. The summed E-state index contributed by atoms with van der Waals surface area (Å²) in [5.41, 5.74) is 0.709. The van der Waals surface area contributed by atoms with Crippen LogP contribution in [0.4, 0.5) is 5.69 Å². The van der Waals surface area contributed by atoms with Crippen molar-refractivity contribution >= 4 is 33.5 Å². The van der Waals surface area contributed by atoms with Gasteiger partial charge in [0.25, 0.3) is 11.5 Å². The predicted octanol–water partition coefficient (Wildman–Crippen LogP) is 4.09. The van der Waals surface area contributed by atoms with Crippen molar-refractivity contribution in [2.45, 2.75) is 62.8 Å². The summed E-state index contributed by atoms with van der Waals surface area (Å²) in [5, 5.41) is 2.72. The Morgan fingerprint density at radius 2 is 1.79 bits per heavy atom. The first-order valence-corrected chi connectivity index (χ1v) is 12.4. The van der Waals surface area contributed by atoms with Gasteiger partial charge in [0.05, 0.1) is 16.8 Å². The van der Waals surface area contributed by atoms with E-state index in [1.54, 1.807) is 25.6 Å². The highest BCUT2D eigenvalue weighted by Crippen LogP contribution is 2.64. The molecule has 0 aliphatic heterocycles. The Kier molecular flexibility index (Phi) is 5.34. The monoisotopic (exact) mass is 515 g/mol. The molecule has 2 aromatic rings.